The zero-order valence-corrected chi connectivity index (χ0v) is 13.0. The molecule has 5 heteroatoms. The van der Waals surface area contributed by atoms with E-state index in [2.05, 4.69) is 0 Å². The summed E-state index contributed by atoms with van der Waals surface area (Å²) in [4.78, 5) is 14.1. The summed E-state index contributed by atoms with van der Waals surface area (Å²) < 4.78 is 22.9. The molecule has 0 fully saturated rings. The fraction of sp³-hybridized carbons (Fsp3) is 0.188. The van der Waals surface area contributed by atoms with Crippen LogP contribution in [0.4, 0.5) is 5.69 Å². The molecule has 0 aliphatic carbocycles. The number of rotatable bonds is 3. The van der Waals surface area contributed by atoms with Gasteiger partial charge in [0.15, 0.2) is 9.84 Å². The molecule has 0 unspecified atom stereocenters. The molecular weight excluding hydrogens is 286 g/mol. The molecule has 0 saturated carbocycles. The summed E-state index contributed by atoms with van der Waals surface area (Å²) in [5.74, 6) is -0.134. The van der Waals surface area contributed by atoms with E-state index in [0.29, 0.717) is 11.3 Å². The number of hydrogen-bond donors (Lipinski definition) is 0. The average Bonchev–Trinajstić information content (AvgIpc) is 2.45. The molecule has 2 aromatic carbocycles. The first-order chi connectivity index (χ1) is 9.79. The van der Waals surface area contributed by atoms with Gasteiger partial charge in [0.25, 0.3) is 5.91 Å². The van der Waals surface area contributed by atoms with Gasteiger partial charge in [-0.05, 0) is 43.3 Å². The summed E-state index contributed by atoms with van der Waals surface area (Å²) in [6.07, 6.45) is 1.16. The lowest BCUT2D eigenvalue weighted by molar-refractivity contribution is 0.0993. The third kappa shape index (κ3) is 3.49. The number of hydrogen-bond acceptors (Lipinski definition) is 3. The minimum Gasteiger partial charge on any atom is -0.311 e. The minimum atomic E-state index is -3.23. The summed E-state index contributed by atoms with van der Waals surface area (Å²) in [6.45, 7) is 1.93. The molecule has 0 radical (unpaired) electrons. The Morgan fingerprint density at radius 3 is 2.19 bits per heavy atom. The number of aryl methyl sites for hydroxylation is 1. The zero-order chi connectivity index (χ0) is 15.6. The Morgan fingerprint density at radius 1 is 1.05 bits per heavy atom. The van der Waals surface area contributed by atoms with E-state index in [4.69, 9.17) is 0 Å². The number of carbonyl (C=O) groups excluding carboxylic acids is 1. The third-order valence-corrected chi connectivity index (χ3v) is 4.35. The van der Waals surface area contributed by atoms with Crippen LogP contribution in [0.3, 0.4) is 0 Å². The Bertz CT molecular complexity index is 764. The predicted molar refractivity (Wildman–Crippen MR) is 83.5 cm³/mol. The zero-order valence-electron chi connectivity index (χ0n) is 12.2. The van der Waals surface area contributed by atoms with Crippen LogP contribution in [-0.4, -0.2) is 27.6 Å². The number of nitrogens with zero attached hydrogens (tertiary/aromatic N) is 1. The van der Waals surface area contributed by atoms with E-state index in [1.54, 1.807) is 25.2 Å². The molecular formula is C16H17NO3S. The molecule has 0 aliphatic rings. The summed E-state index contributed by atoms with van der Waals surface area (Å²) in [7, 11) is -1.56. The molecule has 1 amide bonds. The van der Waals surface area contributed by atoms with Crippen LogP contribution in [0.25, 0.3) is 0 Å². The Labute approximate surface area is 124 Å². The molecule has 0 saturated heterocycles. The third-order valence-electron chi connectivity index (χ3n) is 3.22. The van der Waals surface area contributed by atoms with E-state index < -0.39 is 9.84 Å². The number of sulfone groups is 1. The van der Waals surface area contributed by atoms with E-state index in [9.17, 15) is 13.2 Å². The van der Waals surface area contributed by atoms with E-state index >= 15 is 0 Å². The first-order valence-corrected chi connectivity index (χ1v) is 8.33. The van der Waals surface area contributed by atoms with Crippen molar-refractivity contribution in [2.75, 3.05) is 18.2 Å². The highest BCUT2D eigenvalue weighted by molar-refractivity contribution is 7.90. The lowest BCUT2D eigenvalue weighted by Gasteiger charge is -2.18. The van der Waals surface area contributed by atoms with Crippen molar-refractivity contribution in [2.45, 2.75) is 11.8 Å². The standard InChI is InChI=1S/C16H17NO3S/c1-12-5-4-6-13(11-12)16(18)17(2)14-7-9-15(10-8-14)21(3,19)20/h4-11H,1-3H3. The highest BCUT2D eigenvalue weighted by Crippen LogP contribution is 2.19. The normalized spacial score (nSPS) is 11.2. The van der Waals surface area contributed by atoms with Crippen molar-refractivity contribution in [3.8, 4) is 0 Å². The molecule has 4 nitrogen and oxygen atoms in total. The van der Waals surface area contributed by atoms with Crippen molar-refractivity contribution in [3.05, 3.63) is 59.7 Å². The second-order valence-electron chi connectivity index (χ2n) is 5.00. The maximum atomic E-state index is 12.4. The van der Waals surface area contributed by atoms with Crippen LogP contribution in [0.2, 0.25) is 0 Å². The Morgan fingerprint density at radius 2 is 1.67 bits per heavy atom. The molecule has 0 aliphatic heterocycles. The topological polar surface area (TPSA) is 54.5 Å². The van der Waals surface area contributed by atoms with E-state index in [-0.39, 0.29) is 10.8 Å². The highest BCUT2D eigenvalue weighted by Gasteiger charge is 2.14. The monoisotopic (exact) mass is 303 g/mol. The molecule has 0 heterocycles. The van der Waals surface area contributed by atoms with Crippen molar-refractivity contribution in [2.24, 2.45) is 0 Å². The van der Waals surface area contributed by atoms with Gasteiger partial charge in [0.2, 0.25) is 0 Å². The second-order valence-corrected chi connectivity index (χ2v) is 7.02. The summed E-state index contributed by atoms with van der Waals surface area (Å²) in [5, 5.41) is 0. The van der Waals surface area contributed by atoms with Gasteiger partial charge >= 0.3 is 0 Å². The van der Waals surface area contributed by atoms with Crippen LogP contribution in [0, 0.1) is 6.92 Å². The molecule has 0 spiro atoms. The van der Waals surface area contributed by atoms with Crippen LogP contribution in [0.5, 0.6) is 0 Å². The molecule has 0 N–H and O–H groups in total. The quantitative estimate of drug-likeness (QED) is 0.876. The molecule has 0 bridgehead atoms. The first kappa shape index (κ1) is 15.3. The van der Waals surface area contributed by atoms with Crippen LogP contribution < -0.4 is 4.90 Å². The van der Waals surface area contributed by atoms with Gasteiger partial charge < -0.3 is 4.90 Å². The maximum absolute atomic E-state index is 12.4. The van der Waals surface area contributed by atoms with E-state index in [0.717, 1.165) is 11.8 Å². The number of amides is 1. The largest absolute Gasteiger partial charge is 0.311 e. The smallest absolute Gasteiger partial charge is 0.258 e. The van der Waals surface area contributed by atoms with Crippen LogP contribution in [0.1, 0.15) is 15.9 Å². The van der Waals surface area contributed by atoms with Gasteiger partial charge in [0, 0.05) is 24.6 Å². The fourth-order valence-electron chi connectivity index (χ4n) is 2.01. The minimum absolute atomic E-state index is 0.134. The summed E-state index contributed by atoms with van der Waals surface area (Å²) in [5.41, 5.74) is 2.26. The van der Waals surface area contributed by atoms with E-state index in [1.807, 2.05) is 25.1 Å². The Kier molecular flexibility index (Phi) is 4.14. The highest BCUT2D eigenvalue weighted by atomic mass is 32.2. The molecule has 0 aromatic heterocycles. The van der Waals surface area contributed by atoms with Crippen molar-refractivity contribution in [1.82, 2.24) is 0 Å². The van der Waals surface area contributed by atoms with Crippen LogP contribution in [0.15, 0.2) is 53.4 Å². The van der Waals surface area contributed by atoms with Crippen molar-refractivity contribution < 1.29 is 13.2 Å². The van der Waals surface area contributed by atoms with Crippen molar-refractivity contribution in [3.63, 3.8) is 0 Å². The molecule has 2 rings (SSSR count). The van der Waals surface area contributed by atoms with Gasteiger partial charge in [-0.1, -0.05) is 17.7 Å². The van der Waals surface area contributed by atoms with Gasteiger partial charge in [-0.2, -0.15) is 0 Å². The van der Waals surface area contributed by atoms with Crippen LogP contribution in [-0.2, 0) is 9.84 Å². The Hall–Kier alpha value is -2.14. The van der Waals surface area contributed by atoms with Crippen molar-refractivity contribution >= 4 is 21.4 Å². The van der Waals surface area contributed by atoms with Gasteiger partial charge in [-0.15, -0.1) is 0 Å². The van der Waals surface area contributed by atoms with Crippen LogP contribution >= 0.6 is 0 Å². The number of carbonyl (C=O) groups is 1. The van der Waals surface area contributed by atoms with Crippen molar-refractivity contribution in [1.29, 1.82) is 0 Å². The second kappa shape index (κ2) is 5.69. The fourth-order valence-corrected chi connectivity index (χ4v) is 2.64. The lowest BCUT2D eigenvalue weighted by atomic mass is 10.1. The average molecular weight is 303 g/mol. The maximum Gasteiger partial charge on any atom is 0.258 e. The number of anilines is 1. The summed E-state index contributed by atoms with van der Waals surface area (Å²) >= 11 is 0. The van der Waals surface area contributed by atoms with Gasteiger partial charge in [0.05, 0.1) is 4.90 Å². The van der Waals surface area contributed by atoms with Gasteiger partial charge in [-0.3, -0.25) is 4.79 Å². The molecule has 110 valence electrons. The van der Waals surface area contributed by atoms with Gasteiger partial charge in [0.1, 0.15) is 0 Å². The van der Waals surface area contributed by atoms with E-state index in [1.165, 1.54) is 17.0 Å². The summed E-state index contributed by atoms with van der Waals surface area (Å²) in [6, 6.07) is 13.6. The molecule has 0 atom stereocenters. The lowest BCUT2D eigenvalue weighted by Crippen LogP contribution is -2.26. The molecule has 21 heavy (non-hydrogen) atoms. The number of benzene rings is 2. The molecule has 2 aromatic rings. The SMILES string of the molecule is Cc1cccc(C(=O)N(C)c2ccc(S(C)(=O)=O)cc2)c1. The first-order valence-electron chi connectivity index (χ1n) is 6.44. The van der Waals surface area contributed by atoms with Gasteiger partial charge in [-0.25, -0.2) is 8.42 Å². The Balaban J connectivity index is 2.28. The predicted octanol–water partition coefficient (Wildman–Crippen LogP) is 2.68.